The Morgan fingerprint density at radius 1 is 1.05 bits per heavy atom. The third-order valence-corrected chi connectivity index (χ3v) is 2.63. The van der Waals surface area contributed by atoms with Gasteiger partial charge in [-0.1, -0.05) is 0 Å². The van der Waals surface area contributed by atoms with Crippen LogP contribution in [0.5, 0.6) is 5.75 Å². The van der Waals surface area contributed by atoms with Gasteiger partial charge in [-0.15, -0.1) is 0 Å². The minimum atomic E-state index is -1.00. The summed E-state index contributed by atoms with van der Waals surface area (Å²) in [6, 6.07) is 5.76. The van der Waals surface area contributed by atoms with Crippen LogP contribution in [-0.4, -0.2) is 18.7 Å². The van der Waals surface area contributed by atoms with Gasteiger partial charge in [0.05, 0.1) is 5.56 Å². The summed E-state index contributed by atoms with van der Waals surface area (Å²) in [6.45, 7) is -0.565. The molecule has 2 aromatic carbocycles. The minimum Gasteiger partial charge on any atom is -0.485 e. The van der Waals surface area contributed by atoms with Crippen molar-refractivity contribution in [3.63, 3.8) is 0 Å². The van der Waals surface area contributed by atoms with Crippen molar-refractivity contribution in [2.24, 2.45) is 0 Å². The number of carbonyl (C=O) groups excluding carboxylic acids is 2. The van der Waals surface area contributed by atoms with E-state index >= 15 is 0 Å². The third kappa shape index (κ3) is 3.68. The van der Waals surface area contributed by atoms with Gasteiger partial charge in [0.2, 0.25) is 5.78 Å². The highest BCUT2D eigenvalue weighted by Crippen LogP contribution is 2.16. The summed E-state index contributed by atoms with van der Waals surface area (Å²) in [4.78, 5) is 22.3. The van der Waals surface area contributed by atoms with Crippen molar-refractivity contribution < 1.29 is 27.5 Å². The first-order chi connectivity index (χ1) is 9.99. The highest BCUT2D eigenvalue weighted by atomic mass is 19.1. The summed E-state index contributed by atoms with van der Waals surface area (Å²) in [5, 5.41) is 0. The van der Waals surface area contributed by atoms with E-state index < -0.39 is 29.8 Å². The largest absolute Gasteiger partial charge is 0.485 e. The molecule has 0 radical (unpaired) electrons. The van der Waals surface area contributed by atoms with E-state index in [9.17, 15) is 22.8 Å². The zero-order valence-electron chi connectivity index (χ0n) is 10.6. The molecule has 108 valence electrons. The summed E-state index contributed by atoms with van der Waals surface area (Å²) in [6.07, 6.45) is 0.428. The highest BCUT2D eigenvalue weighted by molar-refractivity contribution is 5.97. The number of Topliss-reactive ketones (excluding diaryl/α,β-unsaturated/α-hetero) is 1. The predicted octanol–water partition coefficient (Wildman–Crippen LogP) is 3.18. The molecule has 0 aliphatic heterocycles. The van der Waals surface area contributed by atoms with Gasteiger partial charge in [-0.3, -0.25) is 9.59 Å². The molecule has 0 atom stereocenters. The fourth-order valence-corrected chi connectivity index (χ4v) is 1.68. The molecule has 0 N–H and O–H groups in total. The number of hydrogen-bond donors (Lipinski definition) is 0. The van der Waals surface area contributed by atoms with E-state index in [1.807, 2.05) is 0 Å². The first kappa shape index (κ1) is 14.8. The Hall–Kier alpha value is -2.63. The quantitative estimate of drug-likeness (QED) is 0.628. The van der Waals surface area contributed by atoms with Crippen molar-refractivity contribution in [2.75, 3.05) is 6.61 Å². The zero-order chi connectivity index (χ0) is 15.4. The Morgan fingerprint density at radius 3 is 2.48 bits per heavy atom. The molecule has 2 rings (SSSR count). The number of ketones is 1. The molecule has 0 aliphatic carbocycles. The van der Waals surface area contributed by atoms with Crippen molar-refractivity contribution >= 4 is 12.1 Å². The van der Waals surface area contributed by atoms with Crippen LogP contribution in [0.25, 0.3) is 0 Å². The monoisotopic (exact) mass is 294 g/mol. The zero-order valence-corrected chi connectivity index (χ0v) is 10.6. The van der Waals surface area contributed by atoms with Crippen LogP contribution < -0.4 is 4.74 Å². The first-order valence-corrected chi connectivity index (χ1v) is 5.86. The summed E-state index contributed by atoms with van der Waals surface area (Å²) < 4.78 is 44.3. The molecule has 0 unspecified atom stereocenters. The average molecular weight is 294 g/mol. The van der Waals surface area contributed by atoms with Gasteiger partial charge < -0.3 is 4.74 Å². The minimum absolute atomic E-state index is 0.0343. The lowest BCUT2D eigenvalue weighted by Gasteiger charge is -2.07. The van der Waals surface area contributed by atoms with E-state index in [-0.39, 0.29) is 16.9 Å². The Morgan fingerprint density at radius 2 is 1.81 bits per heavy atom. The van der Waals surface area contributed by atoms with Crippen LogP contribution in [0.1, 0.15) is 20.7 Å². The molecule has 0 spiro atoms. The Bertz CT molecular complexity index is 699. The van der Waals surface area contributed by atoms with Gasteiger partial charge >= 0.3 is 0 Å². The Labute approximate surface area is 118 Å². The van der Waals surface area contributed by atoms with Gasteiger partial charge in [0.1, 0.15) is 29.5 Å². The maximum atomic E-state index is 13.4. The normalized spacial score (nSPS) is 10.2. The van der Waals surface area contributed by atoms with Crippen LogP contribution in [0.3, 0.4) is 0 Å². The third-order valence-electron chi connectivity index (χ3n) is 2.63. The molecular weight excluding hydrogens is 285 g/mol. The van der Waals surface area contributed by atoms with Crippen LogP contribution in [0.15, 0.2) is 36.4 Å². The van der Waals surface area contributed by atoms with Crippen molar-refractivity contribution in [1.82, 2.24) is 0 Å². The van der Waals surface area contributed by atoms with Gasteiger partial charge in [-0.25, -0.2) is 13.2 Å². The molecule has 3 nitrogen and oxygen atoms in total. The van der Waals surface area contributed by atoms with Crippen LogP contribution in [-0.2, 0) is 0 Å². The fourth-order valence-electron chi connectivity index (χ4n) is 1.68. The van der Waals surface area contributed by atoms with E-state index in [4.69, 9.17) is 4.74 Å². The number of aldehydes is 1. The van der Waals surface area contributed by atoms with Crippen LogP contribution in [0.2, 0.25) is 0 Å². The molecule has 2 aromatic rings. The van der Waals surface area contributed by atoms with Crippen LogP contribution >= 0.6 is 0 Å². The molecular formula is C15H9F3O3. The molecule has 0 fully saturated rings. The number of halogens is 3. The van der Waals surface area contributed by atoms with E-state index in [1.165, 1.54) is 6.07 Å². The smallest absolute Gasteiger partial charge is 0.203 e. The lowest BCUT2D eigenvalue weighted by Crippen LogP contribution is -2.13. The van der Waals surface area contributed by atoms with Gasteiger partial charge in [0.15, 0.2) is 6.61 Å². The standard InChI is InChI=1S/C15H9F3O3/c16-10-1-2-13(14(18)6-10)15(20)8-21-12-4-9(7-19)3-11(17)5-12/h1-7H,8H2. The van der Waals surface area contributed by atoms with Crippen molar-refractivity contribution in [3.05, 3.63) is 65.0 Å². The van der Waals surface area contributed by atoms with Gasteiger partial charge in [-0.2, -0.15) is 0 Å². The van der Waals surface area contributed by atoms with Crippen LogP contribution in [0.4, 0.5) is 13.2 Å². The number of hydrogen-bond acceptors (Lipinski definition) is 3. The molecule has 0 aliphatic rings. The summed E-state index contributed by atoms with van der Waals surface area (Å²) >= 11 is 0. The number of benzene rings is 2. The number of carbonyl (C=O) groups is 2. The second-order valence-electron chi connectivity index (χ2n) is 4.17. The number of ether oxygens (including phenoxy) is 1. The molecule has 0 amide bonds. The van der Waals surface area contributed by atoms with E-state index in [0.29, 0.717) is 12.4 Å². The molecule has 0 heterocycles. The molecule has 0 saturated heterocycles. The molecule has 0 saturated carbocycles. The molecule has 21 heavy (non-hydrogen) atoms. The Kier molecular flexibility index (Phi) is 4.37. The highest BCUT2D eigenvalue weighted by Gasteiger charge is 2.13. The molecule has 6 heteroatoms. The van der Waals surface area contributed by atoms with Gasteiger partial charge in [0.25, 0.3) is 0 Å². The molecule has 0 bridgehead atoms. The fraction of sp³-hybridized carbons (Fsp3) is 0.0667. The maximum Gasteiger partial charge on any atom is 0.203 e. The SMILES string of the molecule is O=Cc1cc(F)cc(OCC(=O)c2ccc(F)cc2F)c1. The summed E-state index contributed by atoms with van der Waals surface area (Å²) in [5.41, 5.74) is -0.283. The van der Waals surface area contributed by atoms with Crippen molar-refractivity contribution in [1.29, 1.82) is 0 Å². The topological polar surface area (TPSA) is 43.4 Å². The molecule has 0 aromatic heterocycles. The lowest BCUT2D eigenvalue weighted by molar-refractivity contribution is 0.0917. The predicted molar refractivity (Wildman–Crippen MR) is 68.0 cm³/mol. The summed E-state index contributed by atoms with van der Waals surface area (Å²) in [5.74, 6) is -3.27. The lowest BCUT2D eigenvalue weighted by atomic mass is 10.1. The average Bonchev–Trinajstić information content (AvgIpc) is 2.44. The van der Waals surface area contributed by atoms with E-state index in [2.05, 4.69) is 0 Å². The summed E-state index contributed by atoms with van der Waals surface area (Å²) in [7, 11) is 0. The van der Waals surface area contributed by atoms with Gasteiger partial charge in [0, 0.05) is 17.7 Å². The van der Waals surface area contributed by atoms with Crippen molar-refractivity contribution in [2.45, 2.75) is 0 Å². The van der Waals surface area contributed by atoms with Crippen LogP contribution in [0, 0.1) is 17.5 Å². The maximum absolute atomic E-state index is 13.4. The van der Waals surface area contributed by atoms with Crippen molar-refractivity contribution in [3.8, 4) is 5.75 Å². The van der Waals surface area contributed by atoms with E-state index in [0.717, 1.165) is 24.3 Å². The number of rotatable bonds is 5. The Balaban J connectivity index is 2.10. The van der Waals surface area contributed by atoms with Gasteiger partial charge in [-0.05, 0) is 24.3 Å². The van der Waals surface area contributed by atoms with E-state index in [1.54, 1.807) is 0 Å². The second-order valence-corrected chi connectivity index (χ2v) is 4.17. The second kappa shape index (κ2) is 6.21. The first-order valence-electron chi connectivity index (χ1n) is 5.86.